The molecule has 1 aromatic heterocycles. The first-order valence-corrected chi connectivity index (χ1v) is 5.99. The third kappa shape index (κ3) is 2.62. The Bertz CT molecular complexity index is 544. The van der Waals surface area contributed by atoms with Crippen molar-refractivity contribution in [2.45, 2.75) is 26.8 Å². The summed E-state index contributed by atoms with van der Waals surface area (Å²) < 4.78 is 5.06. The lowest BCUT2D eigenvalue weighted by Gasteiger charge is -2.14. The van der Waals surface area contributed by atoms with Crippen molar-refractivity contribution in [1.82, 2.24) is 5.32 Å². The molecule has 1 amide bonds. The van der Waals surface area contributed by atoms with Gasteiger partial charge >= 0.3 is 0 Å². The first-order chi connectivity index (χ1) is 8.58. The number of rotatable bonds is 3. The maximum atomic E-state index is 11.8. The van der Waals surface area contributed by atoms with Crippen molar-refractivity contribution in [2.75, 3.05) is 0 Å². The summed E-state index contributed by atoms with van der Waals surface area (Å²) in [6.45, 7) is 6.11. The Morgan fingerprint density at radius 2 is 2.00 bits per heavy atom. The van der Waals surface area contributed by atoms with Crippen LogP contribution in [0.15, 0.2) is 41.0 Å². The Kier molecular flexibility index (Phi) is 3.51. The zero-order valence-electron chi connectivity index (χ0n) is 10.9. The Labute approximate surface area is 107 Å². The lowest BCUT2D eigenvalue weighted by atomic mass is 10.0. The number of furan rings is 1. The van der Waals surface area contributed by atoms with Gasteiger partial charge in [-0.2, -0.15) is 0 Å². The van der Waals surface area contributed by atoms with Crippen LogP contribution in [0.1, 0.15) is 40.2 Å². The van der Waals surface area contributed by atoms with E-state index in [2.05, 4.69) is 31.3 Å². The normalized spacial score (nSPS) is 12.2. The van der Waals surface area contributed by atoms with E-state index >= 15 is 0 Å². The second kappa shape index (κ2) is 5.08. The summed E-state index contributed by atoms with van der Waals surface area (Å²) in [6.07, 6.45) is 1.50. The van der Waals surface area contributed by atoms with Gasteiger partial charge in [0.05, 0.1) is 12.3 Å². The smallest absolute Gasteiger partial charge is 0.287 e. The predicted molar refractivity (Wildman–Crippen MR) is 70.5 cm³/mol. The van der Waals surface area contributed by atoms with E-state index in [1.165, 1.54) is 17.4 Å². The molecule has 3 heteroatoms. The number of nitrogens with one attached hydrogen (secondary N) is 1. The van der Waals surface area contributed by atoms with Gasteiger partial charge in [0.2, 0.25) is 0 Å². The summed E-state index contributed by atoms with van der Waals surface area (Å²) in [5.41, 5.74) is 3.58. The highest BCUT2D eigenvalue weighted by molar-refractivity contribution is 5.91. The van der Waals surface area contributed by atoms with E-state index in [4.69, 9.17) is 4.42 Å². The highest BCUT2D eigenvalue weighted by Gasteiger charge is 2.13. The van der Waals surface area contributed by atoms with Crippen molar-refractivity contribution in [2.24, 2.45) is 0 Å². The molecule has 0 bridgehead atoms. The highest BCUT2D eigenvalue weighted by Crippen LogP contribution is 2.17. The van der Waals surface area contributed by atoms with Gasteiger partial charge in [-0.3, -0.25) is 4.79 Å². The quantitative estimate of drug-likeness (QED) is 0.897. The zero-order valence-corrected chi connectivity index (χ0v) is 10.9. The Hall–Kier alpha value is -2.03. The van der Waals surface area contributed by atoms with Crippen LogP contribution < -0.4 is 5.32 Å². The molecule has 1 aromatic carbocycles. The monoisotopic (exact) mass is 243 g/mol. The van der Waals surface area contributed by atoms with E-state index < -0.39 is 0 Å². The van der Waals surface area contributed by atoms with E-state index in [0.29, 0.717) is 5.76 Å². The van der Waals surface area contributed by atoms with Gasteiger partial charge in [0.15, 0.2) is 5.76 Å². The standard InChI is InChI=1S/C15H17NO2/c1-10-6-7-13(9-11(10)2)12(3)16-15(17)14-5-4-8-18-14/h4-9,12H,1-3H3,(H,16,17)/t12-/m1/s1. The van der Waals surface area contributed by atoms with Crippen LogP contribution in [0.3, 0.4) is 0 Å². The second-order valence-electron chi connectivity index (χ2n) is 4.52. The van der Waals surface area contributed by atoms with Crippen LogP contribution in [0, 0.1) is 13.8 Å². The molecule has 0 saturated heterocycles. The van der Waals surface area contributed by atoms with Crippen molar-refractivity contribution >= 4 is 5.91 Å². The van der Waals surface area contributed by atoms with Gasteiger partial charge in [0.1, 0.15) is 0 Å². The molecule has 1 heterocycles. The fourth-order valence-electron chi connectivity index (χ4n) is 1.79. The SMILES string of the molecule is Cc1ccc([C@@H](C)NC(=O)c2ccco2)cc1C. The molecule has 1 atom stereocenters. The Morgan fingerprint density at radius 1 is 1.22 bits per heavy atom. The molecule has 0 aliphatic carbocycles. The number of hydrogen-bond acceptors (Lipinski definition) is 2. The van der Waals surface area contributed by atoms with E-state index in [9.17, 15) is 4.79 Å². The van der Waals surface area contributed by atoms with Crippen LogP contribution in [0.4, 0.5) is 0 Å². The number of benzene rings is 1. The second-order valence-corrected chi connectivity index (χ2v) is 4.52. The molecule has 0 saturated carbocycles. The van der Waals surface area contributed by atoms with Crippen LogP contribution in [0.2, 0.25) is 0 Å². The third-order valence-corrected chi connectivity index (χ3v) is 3.12. The number of carbonyl (C=O) groups is 1. The average Bonchev–Trinajstić information content (AvgIpc) is 2.86. The van der Waals surface area contributed by atoms with Gasteiger partial charge in [0.25, 0.3) is 5.91 Å². The van der Waals surface area contributed by atoms with Crippen LogP contribution in [0.5, 0.6) is 0 Å². The summed E-state index contributed by atoms with van der Waals surface area (Å²) in [5.74, 6) is 0.149. The van der Waals surface area contributed by atoms with Gasteiger partial charge in [-0.05, 0) is 49.6 Å². The molecule has 0 fully saturated rings. The molecule has 2 rings (SSSR count). The molecule has 0 aliphatic heterocycles. The van der Waals surface area contributed by atoms with Crippen LogP contribution in [-0.2, 0) is 0 Å². The molecule has 0 radical (unpaired) electrons. The Balaban J connectivity index is 2.10. The van der Waals surface area contributed by atoms with E-state index in [1.54, 1.807) is 12.1 Å². The van der Waals surface area contributed by atoms with E-state index in [-0.39, 0.29) is 11.9 Å². The lowest BCUT2D eigenvalue weighted by molar-refractivity contribution is 0.0912. The third-order valence-electron chi connectivity index (χ3n) is 3.12. The van der Waals surface area contributed by atoms with Gasteiger partial charge < -0.3 is 9.73 Å². The molecular weight excluding hydrogens is 226 g/mol. The summed E-state index contributed by atoms with van der Waals surface area (Å²) in [5, 5.41) is 2.91. The summed E-state index contributed by atoms with van der Waals surface area (Å²) in [7, 11) is 0. The maximum Gasteiger partial charge on any atom is 0.287 e. The molecule has 0 spiro atoms. The fourth-order valence-corrected chi connectivity index (χ4v) is 1.79. The van der Waals surface area contributed by atoms with Gasteiger partial charge in [-0.15, -0.1) is 0 Å². The summed E-state index contributed by atoms with van der Waals surface area (Å²) in [4.78, 5) is 11.8. The molecule has 2 aromatic rings. The first kappa shape index (κ1) is 12.4. The van der Waals surface area contributed by atoms with E-state index in [0.717, 1.165) is 5.56 Å². The molecular formula is C15H17NO2. The minimum absolute atomic E-state index is 0.0399. The zero-order chi connectivity index (χ0) is 13.1. The summed E-state index contributed by atoms with van der Waals surface area (Å²) in [6, 6.07) is 9.53. The Morgan fingerprint density at radius 3 is 2.61 bits per heavy atom. The molecule has 1 N–H and O–H groups in total. The van der Waals surface area contributed by atoms with Gasteiger partial charge in [-0.25, -0.2) is 0 Å². The predicted octanol–water partition coefficient (Wildman–Crippen LogP) is 3.39. The molecule has 0 aliphatic rings. The van der Waals surface area contributed by atoms with Crippen molar-refractivity contribution in [1.29, 1.82) is 0 Å². The lowest BCUT2D eigenvalue weighted by Crippen LogP contribution is -2.26. The van der Waals surface area contributed by atoms with Crippen molar-refractivity contribution < 1.29 is 9.21 Å². The fraction of sp³-hybridized carbons (Fsp3) is 0.267. The maximum absolute atomic E-state index is 11.8. The topological polar surface area (TPSA) is 42.2 Å². The van der Waals surface area contributed by atoms with Crippen LogP contribution in [-0.4, -0.2) is 5.91 Å². The molecule has 0 unspecified atom stereocenters. The number of hydrogen-bond donors (Lipinski definition) is 1. The van der Waals surface area contributed by atoms with Crippen LogP contribution in [0.25, 0.3) is 0 Å². The minimum Gasteiger partial charge on any atom is -0.459 e. The highest BCUT2D eigenvalue weighted by atomic mass is 16.3. The summed E-state index contributed by atoms with van der Waals surface area (Å²) >= 11 is 0. The van der Waals surface area contributed by atoms with Crippen molar-refractivity contribution in [3.63, 3.8) is 0 Å². The molecule has 94 valence electrons. The van der Waals surface area contributed by atoms with Gasteiger partial charge in [0, 0.05) is 0 Å². The largest absolute Gasteiger partial charge is 0.459 e. The van der Waals surface area contributed by atoms with E-state index in [1.807, 2.05) is 13.0 Å². The minimum atomic E-state index is -0.189. The first-order valence-electron chi connectivity index (χ1n) is 5.99. The number of aryl methyl sites for hydroxylation is 2. The average molecular weight is 243 g/mol. The van der Waals surface area contributed by atoms with Crippen molar-refractivity contribution in [3.8, 4) is 0 Å². The van der Waals surface area contributed by atoms with Crippen LogP contribution >= 0.6 is 0 Å². The number of carbonyl (C=O) groups excluding carboxylic acids is 1. The number of amides is 1. The van der Waals surface area contributed by atoms with Gasteiger partial charge in [-0.1, -0.05) is 18.2 Å². The molecule has 18 heavy (non-hydrogen) atoms. The molecule has 3 nitrogen and oxygen atoms in total. The van der Waals surface area contributed by atoms with Crippen molar-refractivity contribution in [3.05, 3.63) is 59.0 Å².